The molecule has 0 amide bonds. The summed E-state index contributed by atoms with van der Waals surface area (Å²) in [6.45, 7) is 9.97. The second-order valence-corrected chi connectivity index (χ2v) is 6.39. The maximum absolute atomic E-state index is 10.5. The Morgan fingerprint density at radius 1 is 1.67 bits per heavy atom. The zero-order valence-corrected chi connectivity index (χ0v) is 14.2. The molecule has 1 fully saturated rings. The summed E-state index contributed by atoms with van der Waals surface area (Å²) in [4.78, 5) is 12.5. The first-order chi connectivity index (χ1) is 9.96. The summed E-state index contributed by atoms with van der Waals surface area (Å²) in [5.74, 6) is 0.594. The molecule has 1 aliphatic heterocycles. The predicted octanol–water partition coefficient (Wildman–Crippen LogP) is 2.15. The van der Waals surface area contributed by atoms with Crippen LogP contribution in [0.3, 0.4) is 0 Å². The molecule has 122 valence electrons. The van der Waals surface area contributed by atoms with Crippen LogP contribution in [0, 0.1) is 16.0 Å². The van der Waals surface area contributed by atoms with Crippen LogP contribution < -0.4 is 5.32 Å². The van der Waals surface area contributed by atoms with Gasteiger partial charge in [0, 0.05) is 19.1 Å². The Balaban J connectivity index is 2.43. The molecule has 0 saturated carbocycles. The highest BCUT2D eigenvalue weighted by molar-refractivity contribution is 8.02. The number of hydrogen-bond acceptors (Lipinski definition) is 6. The summed E-state index contributed by atoms with van der Waals surface area (Å²) < 4.78 is 5.62. The van der Waals surface area contributed by atoms with Crippen molar-refractivity contribution >= 4 is 11.8 Å². The first-order valence-electron chi connectivity index (χ1n) is 7.45. The molecule has 1 aliphatic rings. The number of rotatable bonds is 9. The van der Waals surface area contributed by atoms with Crippen LogP contribution in [0.15, 0.2) is 11.2 Å². The van der Waals surface area contributed by atoms with Gasteiger partial charge >= 0.3 is 0 Å². The molecule has 0 aromatic rings. The van der Waals surface area contributed by atoms with Gasteiger partial charge in [0.2, 0.25) is 0 Å². The Kier molecular flexibility index (Phi) is 8.06. The maximum Gasteiger partial charge on any atom is 0.263 e. The van der Waals surface area contributed by atoms with Crippen molar-refractivity contribution in [2.75, 3.05) is 32.5 Å². The fourth-order valence-corrected chi connectivity index (χ4v) is 3.05. The lowest BCUT2D eigenvalue weighted by atomic mass is 10.0. The molecule has 0 aromatic heterocycles. The van der Waals surface area contributed by atoms with Crippen LogP contribution in [0.25, 0.3) is 0 Å². The molecular weight excluding hydrogens is 290 g/mol. The number of nitrogens with one attached hydrogen (secondary N) is 1. The standard InChI is InChI=1S/C14H27N3O3S/c1-5-16(8-13-6-12(3)20-10-13)11(2)7-15-14(21-4)9-17(18)19/h9,11-13,15H,5-8,10H2,1-4H3. The Hall–Kier alpha value is -0.790. The largest absolute Gasteiger partial charge is 0.378 e. The average Bonchev–Trinajstić information content (AvgIpc) is 2.85. The smallest absolute Gasteiger partial charge is 0.263 e. The summed E-state index contributed by atoms with van der Waals surface area (Å²) in [6, 6.07) is 0.327. The lowest BCUT2D eigenvalue weighted by Crippen LogP contribution is -2.42. The third kappa shape index (κ3) is 6.67. The highest BCUT2D eigenvalue weighted by Crippen LogP contribution is 2.20. The van der Waals surface area contributed by atoms with Gasteiger partial charge in [-0.2, -0.15) is 0 Å². The summed E-state index contributed by atoms with van der Waals surface area (Å²) in [5, 5.41) is 14.3. The quantitative estimate of drug-likeness (QED) is 0.519. The minimum Gasteiger partial charge on any atom is -0.378 e. The number of nitro groups is 1. The van der Waals surface area contributed by atoms with Gasteiger partial charge in [-0.1, -0.05) is 6.92 Å². The minimum absolute atomic E-state index is 0.327. The van der Waals surface area contributed by atoms with Gasteiger partial charge in [-0.25, -0.2) is 0 Å². The van der Waals surface area contributed by atoms with Crippen molar-refractivity contribution in [3.8, 4) is 0 Å². The van der Waals surface area contributed by atoms with Crippen LogP contribution in [0.4, 0.5) is 0 Å². The van der Waals surface area contributed by atoms with Gasteiger partial charge in [-0.3, -0.25) is 15.0 Å². The number of ether oxygens (including phenoxy) is 1. The van der Waals surface area contributed by atoms with Crippen LogP contribution >= 0.6 is 11.8 Å². The number of thioether (sulfide) groups is 1. The summed E-state index contributed by atoms with van der Waals surface area (Å²) in [5.41, 5.74) is 0. The van der Waals surface area contributed by atoms with E-state index in [0.29, 0.717) is 29.6 Å². The van der Waals surface area contributed by atoms with Gasteiger partial charge in [-0.05, 0) is 39.0 Å². The fourth-order valence-electron chi connectivity index (χ4n) is 2.63. The molecule has 0 bridgehead atoms. The van der Waals surface area contributed by atoms with Gasteiger partial charge in [0.25, 0.3) is 6.20 Å². The Morgan fingerprint density at radius 2 is 2.38 bits per heavy atom. The summed E-state index contributed by atoms with van der Waals surface area (Å²) >= 11 is 1.36. The zero-order valence-electron chi connectivity index (χ0n) is 13.4. The third-order valence-electron chi connectivity index (χ3n) is 3.82. The second kappa shape index (κ2) is 9.27. The van der Waals surface area contributed by atoms with E-state index < -0.39 is 4.92 Å². The molecular formula is C14H27N3O3S. The van der Waals surface area contributed by atoms with Crippen molar-refractivity contribution in [2.24, 2.45) is 5.92 Å². The van der Waals surface area contributed by atoms with Crippen molar-refractivity contribution in [2.45, 2.75) is 39.3 Å². The predicted molar refractivity (Wildman–Crippen MR) is 86.8 cm³/mol. The molecule has 0 aromatic carbocycles. The zero-order chi connectivity index (χ0) is 15.8. The van der Waals surface area contributed by atoms with Gasteiger partial charge in [0.1, 0.15) is 5.03 Å². The van der Waals surface area contributed by atoms with Crippen LogP contribution in [-0.2, 0) is 4.74 Å². The molecule has 21 heavy (non-hydrogen) atoms. The van der Waals surface area contributed by atoms with Crippen molar-refractivity contribution in [3.05, 3.63) is 21.3 Å². The van der Waals surface area contributed by atoms with E-state index in [9.17, 15) is 10.1 Å². The Morgan fingerprint density at radius 3 is 2.86 bits per heavy atom. The Bertz CT molecular complexity index is 365. The molecule has 1 heterocycles. The van der Waals surface area contributed by atoms with E-state index in [1.165, 1.54) is 11.8 Å². The lowest BCUT2D eigenvalue weighted by Gasteiger charge is -2.30. The van der Waals surface area contributed by atoms with Crippen LogP contribution in [-0.4, -0.2) is 54.5 Å². The van der Waals surface area contributed by atoms with Gasteiger partial charge < -0.3 is 10.1 Å². The molecule has 1 N–H and O–H groups in total. The number of likely N-dealkylation sites (N-methyl/N-ethyl adjacent to an activating group) is 1. The SMILES string of the molecule is CCN(CC1COC(C)C1)C(C)CNC(=C[N+](=O)[O-])SC. The van der Waals surface area contributed by atoms with Crippen LogP contribution in [0.1, 0.15) is 27.2 Å². The average molecular weight is 317 g/mol. The lowest BCUT2D eigenvalue weighted by molar-refractivity contribution is -0.403. The molecule has 0 radical (unpaired) electrons. The van der Waals surface area contributed by atoms with Crippen molar-refractivity contribution in [3.63, 3.8) is 0 Å². The first kappa shape index (κ1) is 18.3. The van der Waals surface area contributed by atoms with E-state index in [0.717, 1.165) is 32.3 Å². The van der Waals surface area contributed by atoms with Crippen LogP contribution in [0.2, 0.25) is 0 Å². The molecule has 6 nitrogen and oxygen atoms in total. The number of nitrogens with zero attached hydrogens (tertiary/aromatic N) is 2. The summed E-state index contributed by atoms with van der Waals surface area (Å²) in [7, 11) is 0. The monoisotopic (exact) mass is 317 g/mol. The molecule has 7 heteroatoms. The van der Waals surface area contributed by atoms with Crippen molar-refractivity contribution in [1.29, 1.82) is 0 Å². The van der Waals surface area contributed by atoms with Crippen molar-refractivity contribution in [1.82, 2.24) is 10.2 Å². The molecule has 3 atom stereocenters. The van der Waals surface area contributed by atoms with E-state index in [-0.39, 0.29) is 0 Å². The van der Waals surface area contributed by atoms with E-state index in [2.05, 4.69) is 31.0 Å². The molecule has 3 unspecified atom stereocenters. The van der Waals surface area contributed by atoms with Gasteiger partial charge in [0.15, 0.2) is 0 Å². The normalized spacial score (nSPS) is 24.3. The van der Waals surface area contributed by atoms with E-state index in [1.54, 1.807) is 0 Å². The fraction of sp³-hybridized carbons (Fsp3) is 0.857. The number of hydrogen-bond donors (Lipinski definition) is 1. The second-order valence-electron chi connectivity index (χ2n) is 5.55. The van der Waals surface area contributed by atoms with Crippen molar-refractivity contribution < 1.29 is 9.66 Å². The minimum atomic E-state index is -0.418. The third-order valence-corrected chi connectivity index (χ3v) is 4.51. The van der Waals surface area contributed by atoms with E-state index in [4.69, 9.17) is 4.74 Å². The summed E-state index contributed by atoms with van der Waals surface area (Å²) in [6.07, 6.45) is 4.35. The first-order valence-corrected chi connectivity index (χ1v) is 8.67. The van der Waals surface area contributed by atoms with E-state index in [1.807, 2.05) is 6.26 Å². The van der Waals surface area contributed by atoms with Crippen LogP contribution in [0.5, 0.6) is 0 Å². The Labute approximate surface area is 131 Å². The molecule has 1 rings (SSSR count). The highest BCUT2D eigenvalue weighted by Gasteiger charge is 2.25. The van der Waals surface area contributed by atoms with Gasteiger partial charge in [-0.15, -0.1) is 11.8 Å². The van der Waals surface area contributed by atoms with Gasteiger partial charge in [0.05, 0.1) is 17.6 Å². The molecule has 0 spiro atoms. The maximum atomic E-state index is 10.5. The van der Waals surface area contributed by atoms with E-state index >= 15 is 0 Å². The molecule has 1 saturated heterocycles. The highest BCUT2D eigenvalue weighted by atomic mass is 32.2. The topological polar surface area (TPSA) is 67.6 Å². The molecule has 0 aliphatic carbocycles.